The molecule has 6 bridgehead atoms. The number of allylic oxidation sites excluding steroid dienone is 2. The molecule has 0 aromatic rings. The average molecular weight is 665 g/mol. The second kappa shape index (κ2) is 10.8. The summed E-state index contributed by atoms with van der Waals surface area (Å²) in [5.41, 5.74) is 2.95. The molecule has 48 heavy (non-hydrogen) atoms. The van der Waals surface area contributed by atoms with E-state index in [4.69, 9.17) is 4.74 Å². The number of rotatable bonds is 6. The van der Waals surface area contributed by atoms with Crippen LogP contribution in [0.1, 0.15) is 173 Å². The molecular formula is C44H72O4. The SMILES string of the molecule is CC(=O)OC(C)(C)C1CC=C(C)CC1.CC1CCC2CC1(C1(C)CCC3CC1(C14CC(CCC1(C)CC(=O)O)C4(C)C)C3(C)C)C2(C)C. The highest BCUT2D eigenvalue weighted by Crippen LogP contribution is 2.96. The minimum Gasteiger partial charge on any atom is -0.481 e. The zero-order chi connectivity index (χ0) is 35.7. The van der Waals surface area contributed by atoms with Gasteiger partial charge in [-0.1, -0.05) is 74.0 Å². The van der Waals surface area contributed by atoms with Gasteiger partial charge in [0.2, 0.25) is 0 Å². The fraction of sp³-hybridized carbons (Fsp3) is 0.909. The molecule has 10 aliphatic rings. The molecule has 0 heterocycles. The van der Waals surface area contributed by atoms with E-state index in [-0.39, 0.29) is 44.1 Å². The molecule has 1 N–H and O–H groups in total. The van der Waals surface area contributed by atoms with Crippen molar-refractivity contribution in [2.45, 2.75) is 179 Å². The van der Waals surface area contributed by atoms with E-state index < -0.39 is 5.97 Å². The number of carbonyl (C=O) groups excluding carboxylic acids is 1. The number of carboxylic acids is 1. The van der Waals surface area contributed by atoms with Crippen LogP contribution in [0.5, 0.6) is 0 Å². The highest BCUT2D eigenvalue weighted by atomic mass is 16.6. The third-order valence-corrected chi connectivity index (χ3v) is 19.2. The summed E-state index contributed by atoms with van der Waals surface area (Å²) in [6.07, 6.45) is 17.9. The van der Waals surface area contributed by atoms with Crippen molar-refractivity contribution in [1.29, 1.82) is 0 Å². The first-order chi connectivity index (χ1) is 21.9. The number of hydrogen-bond donors (Lipinski definition) is 1. The van der Waals surface area contributed by atoms with Crippen LogP contribution < -0.4 is 0 Å². The van der Waals surface area contributed by atoms with Crippen LogP contribution in [0.4, 0.5) is 0 Å². The summed E-state index contributed by atoms with van der Waals surface area (Å²) in [7, 11) is 0. The lowest BCUT2D eigenvalue weighted by Crippen LogP contribution is -2.87. The van der Waals surface area contributed by atoms with Crippen molar-refractivity contribution in [3.63, 3.8) is 0 Å². The maximum atomic E-state index is 12.4. The Kier molecular flexibility index (Phi) is 8.24. The number of ether oxygens (including phenoxy) is 1. The van der Waals surface area contributed by atoms with Gasteiger partial charge in [0.15, 0.2) is 0 Å². The minimum absolute atomic E-state index is 0.111. The number of carbonyl (C=O) groups is 2. The summed E-state index contributed by atoms with van der Waals surface area (Å²) in [5.74, 6) is 2.96. The number of esters is 1. The minimum atomic E-state index is -0.571. The van der Waals surface area contributed by atoms with E-state index in [1.165, 1.54) is 63.9 Å². The van der Waals surface area contributed by atoms with Gasteiger partial charge >= 0.3 is 11.9 Å². The first-order valence-corrected chi connectivity index (χ1v) is 20.0. The lowest BCUT2D eigenvalue weighted by molar-refractivity contribution is -0.455. The second-order valence-corrected chi connectivity index (χ2v) is 21.4. The third kappa shape index (κ3) is 4.13. The van der Waals surface area contributed by atoms with Crippen LogP contribution in [0.25, 0.3) is 0 Å². The Morgan fingerprint density at radius 1 is 0.812 bits per heavy atom. The zero-order valence-electron chi connectivity index (χ0n) is 33.3. The van der Waals surface area contributed by atoms with Gasteiger partial charge < -0.3 is 9.84 Å². The Balaban J connectivity index is 0.000000242. The first-order valence-electron chi connectivity index (χ1n) is 20.0. The Bertz CT molecular complexity index is 1370. The molecule has 0 aliphatic heterocycles. The molecule has 272 valence electrons. The van der Waals surface area contributed by atoms with Crippen LogP contribution in [0.3, 0.4) is 0 Å². The van der Waals surface area contributed by atoms with Crippen LogP contribution in [-0.2, 0) is 14.3 Å². The predicted octanol–water partition coefficient (Wildman–Crippen LogP) is 11.7. The summed E-state index contributed by atoms with van der Waals surface area (Å²) >= 11 is 0. The number of carboxylic acid groups (broad SMARTS) is 1. The van der Waals surface area contributed by atoms with Crippen molar-refractivity contribution in [2.75, 3.05) is 0 Å². The molecule has 0 radical (unpaired) electrons. The molecule has 0 aromatic heterocycles. The maximum absolute atomic E-state index is 12.4. The molecule has 10 atom stereocenters. The van der Waals surface area contributed by atoms with E-state index in [0.29, 0.717) is 23.2 Å². The smallest absolute Gasteiger partial charge is 0.303 e. The molecule has 10 aliphatic carbocycles. The van der Waals surface area contributed by atoms with E-state index in [2.05, 4.69) is 75.3 Å². The Hall–Kier alpha value is -1.32. The Morgan fingerprint density at radius 2 is 1.38 bits per heavy atom. The maximum Gasteiger partial charge on any atom is 0.303 e. The van der Waals surface area contributed by atoms with Gasteiger partial charge in [-0.15, -0.1) is 0 Å². The van der Waals surface area contributed by atoms with Gasteiger partial charge in [0.05, 0.1) is 6.42 Å². The largest absolute Gasteiger partial charge is 0.481 e. The van der Waals surface area contributed by atoms with Crippen molar-refractivity contribution in [2.24, 2.45) is 72.9 Å². The van der Waals surface area contributed by atoms with Crippen molar-refractivity contribution in [3.05, 3.63) is 11.6 Å². The molecule has 0 spiro atoms. The van der Waals surface area contributed by atoms with Crippen molar-refractivity contribution in [1.82, 2.24) is 0 Å². The average Bonchev–Trinajstić information content (AvgIpc) is 2.96. The summed E-state index contributed by atoms with van der Waals surface area (Å²) in [6, 6.07) is 0. The van der Waals surface area contributed by atoms with Gasteiger partial charge in [-0.2, -0.15) is 0 Å². The van der Waals surface area contributed by atoms with Crippen LogP contribution in [0.2, 0.25) is 0 Å². The fourth-order valence-electron chi connectivity index (χ4n) is 16.8. The van der Waals surface area contributed by atoms with Gasteiger partial charge in [-0.3, -0.25) is 9.59 Å². The Morgan fingerprint density at radius 3 is 1.85 bits per heavy atom. The molecule has 4 nitrogen and oxygen atoms in total. The monoisotopic (exact) mass is 665 g/mol. The van der Waals surface area contributed by atoms with Crippen molar-refractivity contribution >= 4 is 11.9 Å². The molecule has 10 unspecified atom stereocenters. The van der Waals surface area contributed by atoms with Crippen LogP contribution in [0.15, 0.2) is 11.6 Å². The van der Waals surface area contributed by atoms with Crippen LogP contribution in [-0.4, -0.2) is 22.6 Å². The van der Waals surface area contributed by atoms with Gasteiger partial charge in [-0.05, 0) is 165 Å². The van der Waals surface area contributed by atoms with Crippen LogP contribution in [0, 0.1) is 72.9 Å². The van der Waals surface area contributed by atoms with E-state index in [1.54, 1.807) is 0 Å². The quantitative estimate of drug-likeness (QED) is 0.227. The van der Waals surface area contributed by atoms with E-state index in [0.717, 1.165) is 49.4 Å². The molecule has 0 saturated heterocycles. The van der Waals surface area contributed by atoms with Gasteiger partial charge in [0, 0.05) is 12.8 Å². The number of fused-ring (bicyclic) bond motifs is 6. The van der Waals surface area contributed by atoms with E-state index in [1.807, 2.05) is 13.8 Å². The summed E-state index contributed by atoms with van der Waals surface area (Å²) < 4.78 is 5.34. The predicted molar refractivity (Wildman–Crippen MR) is 195 cm³/mol. The molecular weight excluding hydrogens is 592 g/mol. The topological polar surface area (TPSA) is 63.6 Å². The normalized spacial score (nSPS) is 47.4. The van der Waals surface area contributed by atoms with E-state index in [9.17, 15) is 14.7 Å². The van der Waals surface area contributed by atoms with E-state index >= 15 is 0 Å². The van der Waals surface area contributed by atoms with Crippen molar-refractivity contribution in [3.8, 4) is 0 Å². The zero-order valence-corrected chi connectivity index (χ0v) is 33.3. The molecule has 9 fully saturated rings. The second-order valence-electron chi connectivity index (χ2n) is 21.4. The highest BCUT2D eigenvalue weighted by molar-refractivity contribution is 5.68. The lowest BCUT2D eigenvalue weighted by atomic mass is 9.11. The highest BCUT2D eigenvalue weighted by Gasteiger charge is 2.90. The van der Waals surface area contributed by atoms with Gasteiger partial charge in [0.1, 0.15) is 5.60 Å². The van der Waals surface area contributed by atoms with Gasteiger partial charge in [0.25, 0.3) is 0 Å². The molecule has 9 saturated carbocycles. The van der Waals surface area contributed by atoms with Crippen molar-refractivity contribution < 1.29 is 19.4 Å². The molecule has 0 amide bonds. The summed E-state index contributed by atoms with van der Waals surface area (Å²) in [5, 5.41) is 10.2. The number of aliphatic carboxylic acids is 1. The molecule has 4 heteroatoms. The molecule has 10 rings (SSSR count). The lowest BCUT2D eigenvalue weighted by Gasteiger charge is -2.93. The first kappa shape index (κ1) is 36.5. The Labute approximate surface area is 294 Å². The fourth-order valence-corrected chi connectivity index (χ4v) is 16.8. The summed E-state index contributed by atoms with van der Waals surface area (Å²) in [4.78, 5) is 23.4. The van der Waals surface area contributed by atoms with Crippen LogP contribution >= 0.6 is 0 Å². The number of hydrogen-bond acceptors (Lipinski definition) is 3. The third-order valence-electron chi connectivity index (χ3n) is 19.2. The standard InChI is InChI=1S/C32H52O2.C12H20O2/c1-20-10-11-21-16-30(20,25(21,2)3)29(9)15-13-23-18-32(29,27(23,6)7)31-17-22(26(31,4)5)12-14-28(31,8)19-24(33)34;1-9-5-7-11(8-6-9)12(3,4)14-10(2)13/h20-23H,10-19H2,1-9H3,(H,33,34);5,11H,6-8H2,1-4H3. The van der Waals surface area contributed by atoms with Gasteiger partial charge in [-0.25, -0.2) is 0 Å². The molecule has 0 aromatic carbocycles. The summed E-state index contributed by atoms with van der Waals surface area (Å²) in [6.45, 7) is 31.2.